The third-order valence-electron chi connectivity index (χ3n) is 4.33. The highest BCUT2D eigenvalue weighted by Gasteiger charge is 2.39. The molecule has 0 radical (unpaired) electrons. The van der Waals surface area contributed by atoms with E-state index in [0.29, 0.717) is 11.5 Å². The quantitative estimate of drug-likeness (QED) is 0.687. The van der Waals surface area contributed by atoms with Crippen LogP contribution in [0, 0.1) is 5.41 Å². The summed E-state index contributed by atoms with van der Waals surface area (Å²) >= 11 is 0. The van der Waals surface area contributed by atoms with Crippen LogP contribution in [0.5, 0.6) is 0 Å². The normalized spacial score (nSPS) is 22.5. The maximum absolute atomic E-state index is 2.62. The predicted molar refractivity (Wildman–Crippen MR) is 71.8 cm³/mol. The molecule has 0 bridgehead atoms. The SMILES string of the molecule is CCC(C)N1CC(C)(CCN(C)C(C)C)C1. The average molecular weight is 226 g/mol. The lowest BCUT2D eigenvalue weighted by Crippen LogP contribution is -2.58. The van der Waals surface area contributed by atoms with Crippen molar-refractivity contribution < 1.29 is 0 Å². The molecule has 1 aliphatic heterocycles. The largest absolute Gasteiger partial charge is 0.304 e. The lowest BCUT2D eigenvalue weighted by Gasteiger charge is -2.51. The van der Waals surface area contributed by atoms with Gasteiger partial charge in [0, 0.05) is 25.2 Å². The van der Waals surface area contributed by atoms with E-state index in [4.69, 9.17) is 0 Å². The smallest absolute Gasteiger partial charge is 0.00647 e. The number of rotatable bonds is 6. The maximum Gasteiger partial charge on any atom is 0.00647 e. The first-order chi connectivity index (χ1) is 7.38. The van der Waals surface area contributed by atoms with Crippen LogP contribution < -0.4 is 0 Å². The Kier molecular flexibility index (Phi) is 4.81. The minimum absolute atomic E-state index is 0.576. The molecule has 1 fully saturated rings. The zero-order valence-corrected chi connectivity index (χ0v) is 12.1. The summed E-state index contributed by atoms with van der Waals surface area (Å²) in [4.78, 5) is 5.08. The predicted octanol–water partition coefficient (Wildman–Crippen LogP) is 2.84. The second-order valence-corrected chi connectivity index (χ2v) is 6.30. The Morgan fingerprint density at radius 3 is 2.25 bits per heavy atom. The second kappa shape index (κ2) is 5.50. The van der Waals surface area contributed by atoms with Crippen molar-refractivity contribution in [1.29, 1.82) is 0 Å². The minimum Gasteiger partial charge on any atom is -0.304 e. The van der Waals surface area contributed by atoms with Crippen molar-refractivity contribution in [3.05, 3.63) is 0 Å². The van der Waals surface area contributed by atoms with Gasteiger partial charge in [0.1, 0.15) is 0 Å². The fourth-order valence-corrected chi connectivity index (χ4v) is 2.37. The van der Waals surface area contributed by atoms with E-state index in [-0.39, 0.29) is 0 Å². The Bertz CT molecular complexity index is 207. The third kappa shape index (κ3) is 3.46. The standard InChI is InChI=1S/C14H30N2/c1-7-13(4)16-10-14(5,11-16)8-9-15(6)12(2)3/h12-13H,7-11H2,1-6H3. The van der Waals surface area contributed by atoms with Gasteiger partial charge < -0.3 is 4.90 Å². The molecule has 1 atom stereocenters. The van der Waals surface area contributed by atoms with Gasteiger partial charge in [0.2, 0.25) is 0 Å². The molecule has 0 amide bonds. The van der Waals surface area contributed by atoms with Gasteiger partial charge in [-0.2, -0.15) is 0 Å². The molecule has 0 aliphatic carbocycles. The first kappa shape index (κ1) is 14.0. The van der Waals surface area contributed by atoms with Gasteiger partial charge in [-0.1, -0.05) is 13.8 Å². The molecule has 0 spiro atoms. The summed E-state index contributed by atoms with van der Waals surface area (Å²) in [6.45, 7) is 15.5. The number of hydrogen-bond donors (Lipinski definition) is 0. The van der Waals surface area contributed by atoms with Crippen LogP contribution in [0.2, 0.25) is 0 Å². The summed E-state index contributed by atoms with van der Waals surface area (Å²) in [6.07, 6.45) is 2.62. The summed E-state index contributed by atoms with van der Waals surface area (Å²) in [7, 11) is 2.24. The van der Waals surface area contributed by atoms with Crippen molar-refractivity contribution in [2.24, 2.45) is 5.41 Å². The van der Waals surface area contributed by atoms with Crippen LogP contribution in [0.1, 0.15) is 47.5 Å². The summed E-state index contributed by atoms with van der Waals surface area (Å²) in [5.41, 5.74) is 0.576. The first-order valence-corrected chi connectivity index (χ1v) is 6.82. The average Bonchev–Trinajstić information content (AvgIpc) is 2.20. The van der Waals surface area contributed by atoms with Gasteiger partial charge in [-0.25, -0.2) is 0 Å². The number of nitrogens with zero attached hydrogens (tertiary/aromatic N) is 2. The monoisotopic (exact) mass is 226 g/mol. The molecule has 2 heteroatoms. The van der Waals surface area contributed by atoms with Crippen LogP contribution in [0.25, 0.3) is 0 Å². The molecule has 0 aromatic carbocycles. The van der Waals surface area contributed by atoms with E-state index >= 15 is 0 Å². The van der Waals surface area contributed by atoms with Crippen molar-refractivity contribution in [3.8, 4) is 0 Å². The van der Waals surface area contributed by atoms with Gasteiger partial charge in [0.05, 0.1) is 0 Å². The lowest BCUT2D eigenvalue weighted by atomic mass is 9.77. The highest BCUT2D eigenvalue weighted by Crippen LogP contribution is 2.35. The van der Waals surface area contributed by atoms with Crippen LogP contribution >= 0.6 is 0 Å². The van der Waals surface area contributed by atoms with E-state index in [9.17, 15) is 0 Å². The molecule has 2 nitrogen and oxygen atoms in total. The van der Waals surface area contributed by atoms with Crippen LogP contribution in [0.3, 0.4) is 0 Å². The van der Waals surface area contributed by atoms with E-state index in [1.54, 1.807) is 0 Å². The summed E-state index contributed by atoms with van der Waals surface area (Å²) in [6, 6.07) is 1.45. The van der Waals surface area contributed by atoms with Crippen molar-refractivity contribution in [3.63, 3.8) is 0 Å². The fourth-order valence-electron chi connectivity index (χ4n) is 2.37. The molecule has 0 aromatic heterocycles. The first-order valence-electron chi connectivity index (χ1n) is 6.82. The van der Waals surface area contributed by atoms with E-state index < -0.39 is 0 Å². The van der Waals surface area contributed by atoms with Gasteiger partial charge >= 0.3 is 0 Å². The molecular weight excluding hydrogens is 196 g/mol. The Balaban J connectivity index is 2.25. The summed E-state index contributed by atoms with van der Waals surface area (Å²) < 4.78 is 0. The van der Waals surface area contributed by atoms with Crippen molar-refractivity contribution >= 4 is 0 Å². The Labute approximate surface area is 102 Å². The Morgan fingerprint density at radius 1 is 1.25 bits per heavy atom. The molecule has 0 N–H and O–H groups in total. The van der Waals surface area contributed by atoms with Gasteiger partial charge in [-0.05, 0) is 52.6 Å². The van der Waals surface area contributed by atoms with E-state index in [0.717, 1.165) is 6.04 Å². The Hall–Kier alpha value is -0.0800. The molecule has 16 heavy (non-hydrogen) atoms. The maximum atomic E-state index is 2.62. The summed E-state index contributed by atoms with van der Waals surface area (Å²) in [5.74, 6) is 0. The fraction of sp³-hybridized carbons (Fsp3) is 1.00. The Morgan fingerprint density at radius 2 is 1.81 bits per heavy atom. The lowest BCUT2D eigenvalue weighted by molar-refractivity contribution is -0.0255. The minimum atomic E-state index is 0.576. The topological polar surface area (TPSA) is 6.48 Å². The van der Waals surface area contributed by atoms with E-state index in [1.807, 2.05) is 0 Å². The molecule has 0 saturated carbocycles. The third-order valence-corrected chi connectivity index (χ3v) is 4.33. The zero-order valence-electron chi connectivity index (χ0n) is 12.1. The van der Waals surface area contributed by atoms with E-state index in [1.165, 1.54) is 32.5 Å². The molecule has 1 saturated heterocycles. The highest BCUT2D eigenvalue weighted by atomic mass is 15.2. The summed E-state index contributed by atoms with van der Waals surface area (Å²) in [5, 5.41) is 0. The van der Waals surface area contributed by atoms with Gasteiger partial charge in [-0.15, -0.1) is 0 Å². The van der Waals surface area contributed by atoms with Crippen molar-refractivity contribution in [1.82, 2.24) is 9.80 Å². The molecule has 0 aromatic rings. The molecule has 96 valence electrons. The van der Waals surface area contributed by atoms with Gasteiger partial charge in [0.25, 0.3) is 0 Å². The van der Waals surface area contributed by atoms with Crippen LogP contribution in [0.4, 0.5) is 0 Å². The van der Waals surface area contributed by atoms with Crippen LogP contribution in [-0.4, -0.2) is 48.6 Å². The van der Waals surface area contributed by atoms with Gasteiger partial charge in [-0.3, -0.25) is 4.90 Å². The van der Waals surface area contributed by atoms with Crippen LogP contribution in [-0.2, 0) is 0 Å². The van der Waals surface area contributed by atoms with E-state index in [2.05, 4.69) is 51.5 Å². The van der Waals surface area contributed by atoms with Crippen molar-refractivity contribution in [2.75, 3.05) is 26.7 Å². The second-order valence-electron chi connectivity index (χ2n) is 6.30. The number of likely N-dealkylation sites (tertiary alicyclic amines) is 1. The molecule has 1 rings (SSSR count). The molecule has 1 aliphatic rings. The number of hydrogen-bond acceptors (Lipinski definition) is 2. The van der Waals surface area contributed by atoms with Gasteiger partial charge in [0.15, 0.2) is 0 Å². The van der Waals surface area contributed by atoms with Crippen molar-refractivity contribution in [2.45, 2.75) is 59.5 Å². The molecule has 1 unspecified atom stereocenters. The zero-order chi connectivity index (χ0) is 12.3. The van der Waals surface area contributed by atoms with Crippen LogP contribution in [0.15, 0.2) is 0 Å². The highest BCUT2D eigenvalue weighted by molar-refractivity contribution is 4.93. The molecular formula is C14H30N2. The molecule has 1 heterocycles.